The normalized spacial score (nSPS) is 14.8. The molecule has 1 rings (SSSR count). The monoisotopic (exact) mass is 249 g/mol. The van der Waals surface area contributed by atoms with Crippen LogP contribution in [0.25, 0.3) is 0 Å². The Kier molecular flexibility index (Phi) is 5.83. The van der Waals surface area contributed by atoms with E-state index in [1.165, 1.54) is 16.7 Å². The summed E-state index contributed by atoms with van der Waals surface area (Å²) in [4.78, 5) is 0. The number of rotatable bonds is 6. The molecular weight excluding hydrogens is 222 g/mol. The van der Waals surface area contributed by atoms with Gasteiger partial charge in [-0.3, -0.25) is 0 Å². The lowest BCUT2D eigenvalue weighted by atomic mass is 9.97. The molecule has 2 heteroatoms. The van der Waals surface area contributed by atoms with Crippen LogP contribution in [0, 0.1) is 19.8 Å². The average Bonchev–Trinajstić information content (AvgIpc) is 2.26. The molecule has 102 valence electrons. The van der Waals surface area contributed by atoms with Crippen LogP contribution in [0.5, 0.6) is 0 Å². The maximum Gasteiger partial charge on any atom is 0.0445 e. The maximum atomic E-state index is 9.12. The second-order valence-electron chi connectivity index (χ2n) is 5.67. The second kappa shape index (κ2) is 6.91. The number of aryl methyl sites for hydroxylation is 2. The molecule has 0 radical (unpaired) electrons. The number of aliphatic hydroxyl groups excluding tert-OH is 1. The summed E-state index contributed by atoms with van der Waals surface area (Å²) in [6, 6.07) is 7.36. The highest BCUT2D eigenvalue weighted by Gasteiger charge is 2.16. The summed E-state index contributed by atoms with van der Waals surface area (Å²) in [5.74, 6) is 0.533. The van der Waals surface area contributed by atoms with Gasteiger partial charge in [0.1, 0.15) is 0 Å². The van der Waals surface area contributed by atoms with E-state index >= 15 is 0 Å². The Morgan fingerprint density at radius 1 is 1.06 bits per heavy atom. The largest absolute Gasteiger partial charge is 0.396 e. The van der Waals surface area contributed by atoms with E-state index in [4.69, 9.17) is 5.11 Å². The molecule has 2 N–H and O–H groups in total. The van der Waals surface area contributed by atoms with Gasteiger partial charge in [0.05, 0.1) is 0 Å². The molecule has 0 fully saturated rings. The molecule has 1 aromatic rings. The predicted octanol–water partition coefficient (Wildman–Crippen LogP) is 3.36. The third-order valence-electron chi connectivity index (χ3n) is 3.45. The quantitative estimate of drug-likeness (QED) is 0.810. The number of benzene rings is 1. The molecule has 0 saturated carbocycles. The first kappa shape index (κ1) is 15.2. The van der Waals surface area contributed by atoms with Crippen LogP contribution in [-0.2, 0) is 0 Å². The highest BCUT2D eigenvalue weighted by Crippen LogP contribution is 2.19. The Bertz CT molecular complexity index is 353. The zero-order valence-corrected chi connectivity index (χ0v) is 12.3. The van der Waals surface area contributed by atoms with Gasteiger partial charge in [0, 0.05) is 18.7 Å². The number of aliphatic hydroxyl groups is 1. The lowest BCUT2D eigenvalue weighted by Gasteiger charge is -2.26. The van der Waals surface area contributed by atoms with Crippen molar-refractivity contribution in [3.8, 4) is 0 Å². The van der Waals surface area contributed by atoms with Crippen molar-refractivity contribution >= 4 is 0 Å². The van der Waals surface area contributed by atoms with E-state index in [9.17, 15) is 0 Å². The molecule has 0 bridgehead atoms. The molecule has 1 aromatic carbocycles. The van der Waals surface area contributed by atoms with Crippen molar-refractivity contribution < 1.29 is 5.11 Å². The van der Waals surface area contributed by atoms with E-state index in [2.05, 4.69) is 58.1 Å². The van der Waals surface area contributed by atoms with Gasteiger partial charge in [0.25, 0.3) is 0 Å². The van der Waals surface area contributed by atoms with Crippen LogP contribution in [-0.4, -0.2) is 17.8 Å². The van der Waals surface area contributed by atoms with E-state index < -0.39 is 0 Å². The highest BCUT2D eigenvalue weighted by atomic mass is 16.3. The van der Waals surface area contributed by atoms with Crippen molar-refractivity contribution in [3.05, 3.63) is 34.9 Å². The second-order valence-corrected chi connectivity index (χ2v) is 5.67. The van der Waals surface area contributed by atoms with Crippen molar-refractivity contribution in [2.45, 2.75) is 53.1 Å². The third kappa shape index (κ3) is 4.43. The summed E-state index contributed by atoms with van der Waals surface area (Å²) < 4.78 is 0. The summed E-state index contributed by atoms with van der Waals surface area (Å²) in [5, 5.41) is 12.7. The van der Waals surface area contributed by atoms with Crippen molar-refractivity contribution in [2.75, 3.05) is 6.61 Å². The molecular formula is C16H27NO. The van der Waals surface area contributed by atoms with Crippen LogP contribution < -0.4 is 5.32 Å². The number of nitrogens with one attached hydrogen (secondary N) is 1. The van der Waals surface area contributed by atoms with E-state index in [0.717, 1.165) is 6.42 Å². The summed E-state index contributed by atoms with van der Waals surface area (Å²) in [6.07, 6.45) is 0.812. The summed E-state index contributed by atoms with van der Waals surface area (Å²) in [6.45, 7) is 11.1. The summed E-state index contributed by atoms with van der Waals surface area (Å²) in [5.41, 5.74) is 3.94. The van der Waals surface area contributed by atoms with Gasteiger partial charge in [-0.15, -0.1) is 0 Å². The van der Waals surface area contributed by atoms with E-state index in [-0.39, 0.29) is 6.61 Å². The zero-order valence-electron chi connectivity index (χ0n) is 12.3. The summed E-state index contributed by atoms with van der Waals surface area (Å²) >= 11 is 0. The molecule has 18 heavy (non-hydrogen) atoms. The Balaban J connectivity index is 2.76. The lowest BCUT2D eigenvalue weighted by Crippen LogP contribution is -2.36. The van der Waals surface area contributed by atoms with E-state index in [0.29, 0.717) is 18.0 Å². The first-order valence-corrected chi connectivity index (χ1v) is 6.89. The van der Waals surface area contributed by atoms with Gasteiger partial charge in [-0.05, 0) is 38.7 Å². The van der Waals surface area contributed by atoms with Crippen LogP contribution in [0.2, 0.25) is 0 Å². The molecule has 0 aliphatic rings. The van der Waals surface area contributed by atoms with Crippen LogP contribution in [0.15, 0.2) is 18.2 Å². The molecule has 2 nitrogen and oxygen atoms in total. The van der Waals surface area contributed by atoms with Crippen molar-refractivity contribution in [1.82, 2.24) is 5.32 Å². The van der Waals surface area contributed by atoms with Gasteiger partial charge in [-0.25, -0.2) is 0 Å². The standard InChI is InChI=1S/C16H27NO/c1-11(2)16(6-7-18)17-14(5)15-9-12(3)8-13(4)10-15/h8-11,14,16-18H,6-7H2,1-5H3. The Morgan fingerprint density at radius 2 is 1.61 bits per heavy atom. The lowest BCUT2D eigenvalue weighted by molar-refractivity contribution is 0.237. The van der Waals surface area contributed by atoms with Crippen LogP contribution in [0.3, 0.4) is 0 Å². The van der Waals surface area contributed by atoms with E-state index in [1.807, 2.05) is 0 Å². The minimum atomic E-state index is 0.245. The topological polar surface area (TPSA) is 32.3 Å². The molecule has 0 aromatic heterocycles. The van der Waals surface area contributed by atoms with Crippen molar-refractivity contribution in [1.29, 1.82) is 0 Å². The van der Waals surface area contributed by atoms with Gasteiger partial charge in [-0.1, -0.05) is 43.2 Å². The van der Waals surface area contributed by atoms with Gasteiger partial charge >= 0.3 is 0 Å². The third-order valence-corrected chi connectivity index (χ3v) is 3.45. The molecule has 2 unspecified atom stereocenters. The molecule has 0 aliphatic heterocycles. The average molecular weight is 249 g/mol. The van der Waals surface area contributed by atoms with Crippen molar-refractivity contribution in [3.63, 3.8) is 0 Å². The molecule has 0 saturated heterocycles. The Labute approximate surface area is 111 Å². The highest BCUT2D eigenvalue weighted by molar-refractivity contribution is 5.30. The first-order chi connectivity index (χ1) is 8.43. The van der Waals surface area contributed by atoms with E-state index in [1.54, 1.807) is 0 Å². The fourth-order valence-electron chi connectivity index (χ4n) is 2.43. The molecule has 2 atom stereocenters. The Morgan fingerprint density at radius 3 is 2.06 bits per heavy atom. The van der Waals surface area contributed by atoms with Crippen LogP contribution in [0.1, 0.15) is 49.9 Å². The molecule has 0 aliphatic carbocycles. The smallest absolute Gasteiger partial charge is 0.0445 e. The van der Waals surface area contributed by atoms with Gasteiger partial charge in [0.2, 0.25) is 0 Å². The van der Waals surface area contributed by atoms with Crippen LogP contribution in [0.4, 0.5) is 0 Å². The van der Waals surface area contributed by atoms with Crippen molar-refractivity contribution in [2.24, 2.45) is 5.92 Å². The predicted molar refractivity (Wildman–Crippen MR) is 77.8 cm³/mol. The van der Waals surface area contributed by atoms with Gasteiger partial charge < -0.3 is 10.4 Å². The zero-order chi connectivity index (χ0) is 13.7. The Hall–Kier alpha value is -0.860. The van der Waals surface area contributed by atoms with Crippen LogP contribution >= 0.6 is 0 Å². The number of hydrogen-bond donors (Lipinski definition) is 2. The number of hydrogen-bond acceptors (Lipinski definition) is 2. The molecule has 0 spiro atoms. The fraction of sp³-hybridized carbons (Fsp3) is 0.625. The molecule has 0 heterocycles. The SMILES string of the molecule is Cc1cc(C)cc(C(C)NC(CCO)C(C)C)c1. The fourth-order valence-corrected chi connectivity index (χ4v) is 2.43. The minimum Gasteiger partial charge on any atom is -0.396 e. The minimum absolute atomic E-state index is 0.245. The summed E-state index contributed by atoms with van der Waals surface area (Å²) in [7, 11) is 0. The van der Waals surface area contributed by atoms with Gasteiger partial charge in [0.15, 0.2) is 0 Å². The first-order valence-electron chi connectivity index (χ1n) is 6.89. The maximum absolute atomic E-state index is 9.12. The molecule has 0 amide bonds. The van der Waals surface area contributed by atoms with Gasteiger partial charge in [-0.2, -0.15) is 0 Å².